The number of carbonyl (C=O) groups is 6. The van der Waals surface area contributed by atoms with E-state index in [9.17, 15) is 65.2 Å². The molecule has 0 radical (unpaired) electrons. The van der Waals surface area contributed by atoms with E-state index in [1.165, 1.54) is 21.9 Å². The summed E-state index contributed by atoms with van der Waals surface area (Å²) in [5.74, 6) is -7.45. The largest absolute Gasteiger partial charge is 0.488 e. The molecule has 123 heavy (non-hydrogen) atoms. The molecule has 656 valence electrons. The standard InChI is InChI=1S/C48H54ClF2N2O7P.C48H52ClF2N2O7P.CH4.H2/c2*1-30-21-22-36-43(25-40(52-46(36)45(30)49)31-13-7-5-8-14-31)59-35-24-41-42(54)27-48(61(57,58)29-37-38(50)19-12-20-39(37)51)26-33(48)16-9-4-2-3-6-15-32(47(56)53(41)28-35)23-44(55)60-34-17-10-11-18-34;;/h5,7-8,12-14,19-22,25,32-35,41H,2-4,6,9-11,15-18,23-24,26-29H2,1H3,(H,57,58);5,7-9,12-14,16,19-22,25,32-35,41H,2-4,6,10-11,15,17-18,23-24,26-29H2,1H3,(H,57,58);1H4;1H/b;16-9-;;/t2*32-,33-,35-,41+,48-;;/m11../s1/i;;;1+1. The number of fused-ring (bicyclic) bond motifs is 6. The number of ketones is 2. The Morgan fingerprint density at radius 3 is 1.35 bits per heavy atom. The van der Waals surface area contributed by atoms with Crippen LogP contribution in [0.1, 0.15) is 211 Å². The molecule has 7 fully saturated rings. The Labute approximate surface area is 728 Å². The lowest BCUT2D eigenvalue weighted by molar-refractivity contribution is -0.154. The number of amides is 2. The molecule has 4 saturated carbocycles. The maximum absolute atomic E-state index is 14.9. The third-order valence-electron chi connectivity index (χ3n) is 26.9. The van der Waals surface area contributed by atoms with Crippen molar-refractivity contribution in [2.24, 2.45) is 23.7 Å². The Morgan fingerprint density at radius 1 is 0.504 bits per heavy atom. The first-order valence-corrected chi connectivity index (χ1v) is 48.0. The Bertz CT molecular complexity index is 5350. The molecule has 12 atom stereocenters. The number of ether oxygens (including phenoxy) is 4. The zero-order chi connectivity index (χ0) is 85.8. The number of esters is 2. The van der Waals surface area contributed by atoms with Crippen LogP contribution in [0.5, 0.6) is 11.5 Å². The average Bonchev–Trinajstić information content (AvgIpc) is 1.55. The molecule has 8 aromatic rings. The predicted octanol–water partition coefficient (Wildman–Crippen LogP) is 22.5. The van der Waals surface area contributed by atoms with Gasteiger partial charge in [-0.1, -0.05) is 173 Å². The number of rotatable bonds is 18. The zero-order valence-corrected chi connectivity index (χ0v) is 72.3. The molecule has 3 saturated heterocycles. The fourth-order valence-corrected chi connectivity index (χ4v) is 25.3. The van der Waals surface area contributed by atoms with Crippen LogP contribution in [0.4, 0.5) is 17.6 Å². The Balaban J connectivity index is 0.000000210. The summed E-state index contributed by atoms with van der Waals surface area (Å²) in [4.78, 5) is 123. The highest BCUT2D eigenvalue weighted by Gasteiger charge is 2.67. The number of carbonyl (C=O) groups excluding carboxylic acids is 6. The highest BCUT2D eigenvalue weighted by molar-refractivity contribution is 7.59. The first-order chi connectivity index (χ1) is 58.7. The SMILES string of the molecule is C.Cc1ccc2c(O[C@@H]3C[C@H]4C(=O)C[C@]5(P(=O)(O)Cc6c(F)cccc6F)C[C@H]5/C=C\CCCCC[C@H](CC(=O)OC5CCCC5)C(=O)N4C3)cc(-c3ccccc3)nc2c1Cl.Cc1ccc2c(O[C@@H]3C[C@H]4C(=O)C[C@]5(P(=O)(O)Cc6c(F)cccc6F)C[C@H]5CCCCCCC[C@H](CC(=O)OC5CCCC5)C(=O)N4C3)cc(-c3ccccc3)nc2c1Cl.[2HH]. The molecule has 2 aromatic heterocycles. The van der Waals surface area contributed by atoms with Crippen LogP contribution in [0.2, 0.25) is 10.0 Å². The van der Waals surface area contributed by atoms with Crippen molar-refractivity contribution in [1.82, 2.24) is 19.8 Å². The summed E-state index contributed by atoms with van der Waals surface area (Å²) in [6.07, 6.45) is 15.8. The Kier molecular flexibility index (Phi) is 28.8. The second-order valence-electron chi connectivity index (χ2n) is 35.2. The lowest BCUT2D eigenvalue weighted by atomic mass is 9.94. The molecule has 2 N–H and O–H groups in total. The van der Waals surface area contributed by atoms with Gasteiger partial charge in [0.1, 0.15) is 59.2 Å². The van der Waals surface area contributed by atoms with E-state index in [0.717, 1.165) is 136 Å². The van der Waals surface area contributed by atoms with E-state index in [0.29, 0.717) is 93.3 Å². The van der Waals surface area contributed by atoms with Crippen LogP contribution in [0.25, 0.3) is 44.3 Å². The lowest BCUT2D eigenvalue weighted by Crippen LogP contribution is -2.45. The first kappa shape index (κ1) is 90.6. The maximum Gasteiger partial charge on any atom is 0.306 e. The fraction of sp³-hybridized carbons (Fsp3) is 0.485. The van der Waals surface area contributed by atoms with E-state index in [4.69, 9.17) is 52.1 Å². The second-order valence-corrected chi connectivity index (χ2v) is 41.2. The fourth-order valence-electron chi connectivity index (χ4n) is 19.7. The second kappa shape index (κ2) is 39.1. The van der Waals surface area contributed by atoms with Crippen LogP contribution >= 0.6 is 37.9 Å². The summed E-state index contributed by atoms with van der Waals surface area (Å²) < 4.78 is 114. The van der Waals surface area contributed by atoms with Gasteiger partial charge in [-0.3, -0.25) is 37.9 Å². The van der Waals surface area contributed by atoms with E-state index in [1.807, 2.05) is 123 Å². The summed E-state index contributed by atoms with van der Waals surface area (Å²) in [5.41, 5.74) is 4.73. The van der Waals surface area contributed by atoms with E-state index >= 15 is 0 Å². The minimum absolute atomic E-state index is 0. The van der Waals surface area contributed by atoms with Crippen LogP contribution in [0.3, 0.4) is 0 Å². The number of hydrogen-bond acceptors (Lipinski definition) is 14. The molecule has 0 spiro atoms. The number of nitrogens with zero attached hydrogens (tertiary/aromatic N) is 4. The van der Waals surface area contributed by atoms with Crippen molar-refractivity contribution >= 4 is 95.1 Å². The molecule has 4 aliphatic carbocycles. The van der Waals surface area contributed by atoms with Crippen LogP contribution < -0.4 is 9.47 Å². The molecule has 2 amide bonds. The van der Waals surface area contributed by atoms with Crippen molar-refractivity contribution in [2.45, 2.75) is 260 Å². The van der Waals surface area contributed by atoms with Gasteiger partial charge in [-0.15, -0.1) is 0 Å². The van der Waals surface area contributed by atoms with Crippen LogP contribution in [0, 0.1) is 60.8 Å². The van der Waals surface area contributed by atoms with Gasteiger partial charge in [-0.2, -0.15) is 0 Å². The smallest absolute Gasteiger partial charge is 0.306 e. The third-order valence-corrected chi connectivity index (χ3v) is 33.5. The van der Waals surface area contributed by atoms with Crippen molar-refractivity contribution < 1.29 is 85.6 Å². The number of hydrogen-bond donors (Lipinski definition) is 2. The number of benzene rings is 6. The van der Waals surface area contributed by atoms with Gasteiger partial charge in [0.25, 0.3) is 0 Å². The van der Waals surface area contributed by atoms with Crippen molar-refractivity contribution in [1.29, 1.82) is 0 Å². The van der Waals surface area contributed by atoms with Crippen molar-refractivity contribution in [3.05, 3.63) is 201 Å². The Hall–Kier alpha value is -8.62. The normalized spacial score (nSPS) is 26.1. The summed E-state index contributed by atoms with van der Waals surface area (Å²) in [7, 11) is -8.87. The lowest BCUT2D eigenvalue weighted by Gasteiger charge is -2.30. The molecular formula is C97H112Cl2F4N4O14P2. The van der Waals surface area contributed by atoms with Crippen LogP contribution in [-0.4, -0.2) is 125 Å². The van der Waals surface area contributed by atoms with Gasteiger partial charge in [0.2, 0.25) is 26.6 Å². The molecule has 18 nitrogen and oxygen atoms in total. The first-order valence-electron chi connectivity index (χ1n) is 43.5. The molecule has 6 aromatic carbocycles. The third kappa shape index (κ3) is 20.3. The molecule has 16 rings (SSSR count). The molecular weight excluding hydrogens is 1650 g/mol. The highest BCUT2D eigenvalue weighted by Crippen LogP contribution is 2.76. The minimum Gasteiger partial charge on any atom is -0.488 e. The van der Waals surface area contributed by atoms with Crippen molar-refractivity contribution in [3.63, 3.8) is 0 Å². The summed E-state index contributed by atoms with van der Waals surface area (Å²) in [6.45, 7) is 3.83. The van der Waals surface area contributed by atoms with Gasteiger partial charge in [0.15, 0.2) is 11.6 Å². The van der Waals surface area contributed by atoms with E-state index in [-0.39, 0.29) is 103 Å². The predicted molar refractivity (Wildman–Crippen MR) is 470 cm³/mol. The van der Waals surface area contributed by atoms with Gasteiger partial charge in [0.05, 0.1) is 93.1 Å². The molecule has 26 heteroatoms. The molecule has 2 unspecified atom stereocenters. The average molecular weight is 1770 g/mol. The Morgan fingerprint density at radius 2 is 0.902 bits per heavy atom. The zero-order valence-electron chi connectivity index (χ0n) is 69.0. The number of aromatic nitrogens is 2. The summed E-state index contributed by atoms with van der Waals surface area (Å²) in [6, 6.07) is 34.9. The number of aryl methyl sites for hydroxylation is 2. The number of Topliss-reactive ketones (excluding diaryl/α,β-unsaturated/α-hetero) is 2. The number of pyridine rings is 2. The van der Waals surface area contributed by atoms with Crippen LogP contribution in [0.15, 0.2) is 146 Å². The van der Waals surface area contributed by atoms with Gasteiger partial charge >= 0.3 is 11.9 Å². The van der Waals surface area contributed by atoms with Crippen LogP contribution in [-0.2, 0) is 59.7 Å². The highest BCUT2D eigenvalue weighted by atomic mass is 35.5. The topological polar surface area (TPSA) is 246 Å². The molecule has 6 heterocycles. The maximum atomic E-state index is 14.9. The van der Waals surface area contributed by atoms with E-state index in [1.54, 1.807) is 0 Å². The van der Waals surface area contributed by atoms with Crippen molar-refractivity contribution in [2.75, 3.05) is 13.1 Å². The van der Waals surface area contributed by atoms with Crippen molar-refractivity contribution in [3.8, 4) is 34.0 Å². The van der Waals surface area contributed by atoms with Gasteiger partial charge < -0.3 is 38.5 Å². The quantitative estimate of drug-likeness (QED) is 0.0351. The monoisotopic (exact) mass is 1770 g/mol. The van der Waals surface area contributed by atoms with Gasteiger partial charge in [0, 0.05) is 84.1 Å². The number of allylic oxidation sites excluding steroid dienone is 2. The van der Waals surface area contributed by atoms with Gasteiger partial charge in [-0.05, 0) is 170 Å². The molecule has 0 bridgehead atoms. The summed E-state index contributed by atoms with van der Waals surface area (Å²) >= 11 is 13.7. The molecule has 8 aliphatic rings. The molecule has 4 aliphatic heterocycles. The van der Waals surface area contributed by atoms with E-state index in [2.05, 4.69) is 0 Å². The van der Waals surface area contributed by atoms with Gasteiger partial charge in [-0.25, -0.2) is 27.5 Å². The number of halogens is 6. The summed E-state index contributed by atoms with van der Waals surface area (Å²) in [5, 5.41) is -0.612. The van der Waals surface area contributed by atoms with E-state index < -0.39 is 137 Å². The minimum atomic E-state index is -4.46.